The van der Waals surface area contributed by atoms with Gasteiger partial charge >= 0.3 is 0 Å². The summed E-state index contributed by atoms with van der Waals surface area (Å²) in [5, 5.41) is 1.74. The van der Waals surface area contributed by atoms with Gasteiger partial charge in [0.15, 0.2) is 6.10 Å². The van der Waals surface area contributed by atoms with Crippen LogP contribution in [-0.4, -0.2) is 17.9 Å². The molecule has 2 aliphatic rings. The van der Waals surface area contributed by atoms with E-state index in [1.807, 2.05) is 92.7 Å². The summed E-state index contributed by atoms with van der Waals surface area (Å²) in [7, 11) is 0. The molecule has 2 fully saturated rings. The summed E-state index contributed by atoms with van der Waals surface area (Å²) in [5.41, 5.74) is 4.37. The highest BCUT2D eigenvalue weighted by molar-refractivity contribution is 6.24. The Hall–Kier alpha value is -3.44. The van der Waals surface area contributed by atoms with E-state index in [1.54, 1.807) is 5.06 Å². The first-order valence-electron chi connectivity index (χ1n) is 10.1. The monoisotopic (exact) mass is 398 g/mol. The van der Waals surface area contributed by atoms with E-state index in [0.29, 0.717) is 5.69 Å². The standard InChI is InChI=1S/C25H22N2O3/c1-16-10-6-8-14-19(16)22-21-23(30-27(22)18-12-4-3-5-13-18)25(29)26(24(21)28)20-15-9-7-11-17(20)2/h3-15,21-23H,1-2H3/t21-,22-,23+/m1/s1. The van der Waals surface area contributed by atoms with Crippen molar-refractivity contribution in [3.05, 3.63) is 95.6 Å². The molecule has 2 aliphatic heterocycles. The molecular weight excluding hydrogens is 376 g/mol. The molecule has 2 saturated heterocycles. The van der Waals surface area contributed by atoms with Gasteiger partial charge in [0.2, 0.25) is 5.91 Å². The Balaban J connectivity index is 1.62. The molecular formula is C25H22N2O3. The van der Waals surface area contributed by atoms with Crippen molar-refractivity contribution in [3.63, 3.8) is 0 Å². The number of nitrogens with zero attached hydrogens (tertiary/aromatic N) is 2. The van der Waals surface area contributed by atoms with Crippen molar-refractivity contribution in [3.8, 4) is 0 Å². The lowest BCUT2D eigenvalue weighted by Crippen LogP contribution is -2.37. The summed E-state index contributed by atoms with van der Waals surface area (Å²) in [6.07, 6.45) is -0.845. The van der Waals surface area contributed by atoms with Gasteiger partial charge < -0.3 is 0 Å². The fourth-order valence-corrected chi connectivity index (χ4v) is 4.50. The number of amides is 2. The number of hydrogen-bond acceptors (Lipinski definition) is 4. The molecule has 0 unspecified atom stereocenters. The minimum atomic E-state index is -0.845. The Bertz CT molecular complexity index is 1130. The van der Waals surface area contributed by atoms with E-state index in [4.69, 9.17) is 4.84 Å². The van der Waals surface area contributed by atoms with Gasteiger partial charge in [0, 0.05) is 0 Å². The number of aryl methyl sites for hydroxylation is 2. The molecule has 5 rings (SSSR count). The lowest BCUT2D eigenvalue weighted by atomic mass is 9.88. The van der Waals surface area contributed by atoms with Crippen LogP contribution in [0, 0.1) is 19.8 Å². The smallest absolute Gasteiger partial charge is 0.266 e. The molecule has 2 amide bonds. The second-order valence-corrected chi connectivity index (χ2v) is 7.81. The zero-order valence-corrected chi connectivity index (χ0v) is 16.9. The summed E-state index contributed by atoms with van der Waals surface area (Å²) in [6, 6.07) is 24.7. The highest BCUT2D eigenvalue weighted by Gasteiger charge is 2.60. The minimum absolute atomic E-state index is 0.217. The van der Waals surface area contributed by atoms with Crippen LogP contribution in [0.3, 0.4) is 0 Å². The Kier molecular flexibility index (Phi) is 4.40. The lowest BCUT2D eigenvalue weighted by molar-refractivity contribution is -0.126. The van der Waals surface area contributed by atoms with Gasteiger partial charge in [-0.3, -0.25) is 14.4 Å². The highest BCUT2D eigenvalue weighted by Crippen LogP contribution is 2.48. The fraction of sp³-hybridized carbons (Fsp3) is 0.200. The molecule has 150 valence electrons. The number of fused-ring (bicyclic) bond motifs is 1. The third kappa shape index (κ3) is 2.74. The minimum Gasteiger partial charge on any atom is -0.273 e. The van der Waals surface area contributed by atoms with Crippen LogP contribution in [0.5, 0.6) is 0 Å². The molecule has 0 bridgehead atoms. The predicted octanol–water partition coefficient (Wildman–Crippen LogP) is 4.35. The van der Waals surface area contributed by atoms with Crippen molar-refractivity contribution >= 4 is 23.2 Å². The molecule has 3 aromatic rings. The summed E-state index contributed by atoms with van der Waals surface area (Å²) in [6.45, 7) is 3.92. The second kappa shape index (κ2) is 7.11. The van der Waals surface area contributed by atoms with E-state index in [1.165, 1.54) is 4.90 Å². The number of benzene rings is 3. The number of carbonyl (C=O) groups is 2. The number of hydroxylamine groups is 1. The summed E-state index contributed by atoms with van der Waals surface area (Å²) >= 11 is 0. The number of carbonyl (C=O) groups excluding carboxylic acids is 2. The van der Waals surface area contributed by atoms with Gasteiger partial charge in [0.1, 0.15) is 5.92 Å². The first-order chi connectivity index (χ1) is 14.6. The van der Waals surface area contributed by atoms with Gasteiger partial charge in [0.05, 0.1) is 17.4 Å². The molecule has 0 aliphatic carbocycles. The van der Waals surface area contributed by atoms with E-state index in [0.717, 1.165) is 22.4 Å². The van der Waals surface area contributed by atoms with Crippen LogP contribution >= 0.6 is 0 Å². The van der Waals surface area contributed by atoms with Crippen molar-refractivity contribution in [2.75, 3.05) is 9.96 Å². The van der Waals surface area contributed by atoms with Crippen LogP contribution in [-0.2, 0) is 14.4 Å². The first-order valence-corrected chi connectivity index (χ1v) is 10.1. The average molecular weight is 398 g/mol. The summed E-state index contributed by atoms with van der Waals surface area (Å²) in [5.74, 6) is -1.14. The SMILES string of the molecule is Cc1ccccc1[C@@H]1[C@H]2C(=O)N(c3ccccc3C)C(=O)[C@H]2ON1c1ccccc1. The van der Waals surface area contributed by atoms with Gasteiger partial charge in [-0.1, -0.05) is 60.7 Å². The average Bonchev–Trinajstić information content (AvgIpc) is 3.26. The summed E-state index contributed by atoms with van der Waals surface area (Å²) < 4.78 is 0. The maximum absolute atomic E-state index is 13.6. The Morgan fingerprint density at radius 3 is 2.07 bits per heavy atom. The van der Waals surface area contributed by atoms with E-state index in [9.17, 15) is 9.59 Å². The number of hydrogen-bond donors (Lipinski definition) is 0. The molecule has 0 aromatic heterocycles. The molecule has 30 heavy (non-hydrogen) atoms. The fourth-order valence-electron chi connectivity index (χ4n) is 4.50. The van der Waals surface area contributed by atoms with Crippen LogP contribution in [0.4, 0.5) is 11.4 Å². The molecule has 0 spiro atoms. The zero-order chi connectivity index (χ0) is 20.8. The van der Waals surface area contributed by atoms with Gasteiger partial charge in [-0.25, -0.2) is 9.96 Å². The molecule has 5 nitrogen and oxygen atoms in total. The molecule has 5 heteroatoms. The molecule has 0 saturated carbocycles. The largest absolute Gasteiger partial charge is 0.273 e. The van der Waals surface area contributed by atoms with Crippen molar-refractivity contribution in [2.45, 2.75) is 26.0 Å². The molecule has 3 atom stereocenters. The zero-order valence-electron chi connectivity index (χ0n) is 16.9. The quantitative estimate of drug-likeness (QED) is 0.616. The van der Waals surface area contributed by atoms with Crippen LogP contribution < -0.4 is 9.96 Å². The topological polar surface area (TPSA) is 49.9 Å². The normalized spacial score (nSPS) is 23.2. The van der Waals surface area contributed by atoms with Gasteiger partial charge in [-0.05, 0) is 48.7 Å². The van der Waals surface area contributed by atoms with Crippen LogP contribution in [0.15, 0.2) is 78.9 Å². The van der Waals surface area contributed by atoms with Crippen LogP contribution in [0.25, 0.3) is 0 Å². The third-order valence-electron chi connectivity index (χ3n) is 5.99. The van der Waals surface area contributed by atoms with Crippen molar-refractivity contribution < 1.29 is 14.4 Å². The number of anilines is 2. The van der Waals surface area contributed by atoms with Gasteiger partial charge in [0.25, 0.3) is 5.91 Å². The lowest BCUT2D eigenvalue weighted by Gasteiger charge is -2.29. The molecule has 0 radical (unpaired) electrons. The summed E-state index contributed by atoms with van der Waals surface area (Å²) in [4.78, 5) is 34.5. The van der Waals surface area contributed by atoms with E-state index >= 15 is 0 Å². The number of rotatable bonds is 3. The van der Waals surface area contributed by atoms with Gasteiger partial charge in [-0.2, -0.15) is 0 Å². The Morgan fingerprint density at radius 2 is 1.37 bits per heavy atom. The van der Waals surface area contributed by atoms with E-state index in [2.05, 4.69) is 0 Å². The van der Waals surface area contributed by atoms with Crippen molar-refractivity contribution in [1.82, 2.24) is 0 Å². The molecule has 3 aromatic carbocycles. The maximum atomic E-state index is 13.6. The van der Waals surface area contributed by atoms with Crippen molar-refractivity contribution in [2.24, 2.45) is 5.92 Å². The number of imide groups is 1. The molecule has 0 N–H and O–H groups in total. The van der Waals surface area contributed by atoms with Crippen molar-refractivity contribution in [1.29, 1.82) is 0 Å². The highest BCUT2D eigenvalue weighted by atomic mass is 16.7. The Labute approximate surface area is 175 Å². The maximum Gasteiger partial charge on any atom is 0.266 e. The van der Waals surface area contributed by atoms with E-state index < -0.39 is 12.0 Å². The van der Waals surface area contributed by atoms with E-state index in [-0.39, 0.29) is 17.9 Å². The molecule has 2 heterocycles. The predicted molar refractivity (Wildman–Crippen MR) is 115 cm³/mol. The Morgan fingerprint density at radius 1 is 0.733 bits per heavy atom. The van der Waals surface area contributed by atoms with Crippen LogP contribution in [0.1, 0.15) is 22.7 Å². The van der Waals surface area contributed by atoms with Gasteiger partial charge in [-0.15, -0.1) is 0 Å². The second-order valence-electron chi connectivity index (χ2n) is 7.81. The third-order valence-corrected chi connectivity index (χ3v) is 5.99. The first kappa shape index (κ1) is 18.6. The number of para-hydroxylation sites is 2. The van der Waals surface area contributed by atoms with Crippen LogP contribution in [0.2, 0.25) is 0 Å².